The van der Waals surface area contributed by atoms with Gasteiger partial charge in [0.15, 0.2) is 0 Å². The van der Waals surface area contributed by atoms with Crippen LogP contribution in [0.3, 0.4) is 0 Å². The Kier molecular flexibility index (Phi) is 5.46. The molecular weight excluding hydrogens is 372 g/mol. The number of primary amides is 1. The Bertz CT molecular complexity index is 993. The van der Waals surface area contributed by atoms with Crippen molar-refractivity contribution in [3.8, 4) is 5.88 Å². The third-order valence-corrected chi connectivity index (χ3v) is 6.70. The molecule has 1 amide bonds. The highest BCUT2D eigenvalue weighted by atomic mass is 32.1. The van der Waals surface area contributed by atoms with Crippen molar-refractivity contribution in [2.24, 2.45) is 5.73 Å². The van der Waals surface area contributed by atoms with Crippen LogP contribution in [0.4, 0.5) is 0 Å². The number of hydrogen-bond donors (Lipinski definition) is 1. The van der Waals surface area contributed by atoms with Crippen molar-refractivity contribution in [3.05, 3.63) is 30.1 Å². The molecule has 1 aliphatic rings. The third kappa shape index (κ3) is 3.82. The van der Waals surface area contributed by atoms with Crippen LogP contribution >= 0.6 is 11.3 Å². The molecule has 1 fully saturated rings. The van der Waals surface area contributed by atoms with Crippen molar-refractivity contribution in [1.82, 2.24) is 14.9 Å². The van der Waals surface area contributed by atoms with E-state index in [1.165, 1.54) is 0 Å². The largest absolute Gasteiger partial charge is 0.474 e. The molecule has 28 heavy (non-hydrogen) atoms. The van der Waals surface area contributed by atoms with Crippen molar-refractivity contribution < 1.29 is 9.53 Å². The molecule has 0 aliphatic heterocycles. The highest BCUT2D eigenvalue weighted by molar-refractivity contribution is 7.25. The maximum Gasteiger partial charge on any atom is 0.226 e. The summed E-state index contributed by atoms with van der Waals surface area (Å²) in [4.78, 5) is 23.5. The van der Waals surface area contributed by atoms with E-state index in [-0.39, 0.29) is 12.0 Å². The normalized spacial score (nSPS) is 20.1. The first kappa shape index (κ1) is 19.1. The molecule has 1 aromatic carbocycles. The Morgan fingerprint density at radius 3 is 2.71 bits per heavy atom. The molecule has 2 heterocycles. The molecule has 3 aromatic rings. The second-order valence-corrected chi connectivity index (χ2v) is 8.76. The van der Waals surface area contributed by atoms with Crippen LogP contribution in [0.1, 0.15) is 37.7 Å². The van der Waals surface area contributed by atoms with Gasteiger partial charge in [0.25, 0.3) is 0 Å². The van der Waals surface area contributed by atoms with Gasteiger partial charge in [0.1, 0.15) is 17.3 Å². The molecule has 0 spiro atoms. The number of nitrogens with two attached hydrogens (primary N) is 1. The van der Waals surface area contributed by atoms with Gasteiger partial charge in [-0.15, -0.1) is 11.3 Å². The van der Waals surface area contributed by atoms with Crippen LogP contribution in [0.15, 0.2) is 24.5 Å². The lowest BCUT2D eigenvalue weighted by Crippen LogP contribution is -2.35. The first-order valence-corrected chi connectivity index (χ1v) is 10.6. The van der Waals surface area contributed by atoms with Gasteiger partial charge in [-0.1, -0.05) is 12.1 Å². The molecule has 1 aliphatic carbocycles. The number of fused-ring (bicyclic) bond motifs is 3. The standard InChI is InChI=1S/C21H26N4O2S/c1-25(2)14-7-9-15(10-8-14)27-20-19-18-13(6-11-17(22)26)4-3-5-16(18)28-21(19)24-12-23-20/h3-5,12,14-15H,6-11H2,1-2H3,(H2,22,26). The molecular formula is C21H26N4O2S. The molecule has 0 atom stereocenters. The topological polar surface area (TPSA) is 81.3 Å². The fourth-order valence-corrected chi connectivity index (χ4v) is 5.17. The zero-order valence-electron chi connectivity index (χ0n) is 16.4. The van der Waals surface area contributed by atoms with Gasteiger partial charge in [-0.25, -0.2) is 9.97 Å². The van der Waals surface area contributed by atoms with E-state index >= 15 is 0 Å². The molecule has 7 heteroatoms. The van der Waals surface area contributed by atoms with E-state index in [0.717, 1.165) is 51.5 Å². The Labute approximate surface area is 168 Å². The highest BCUT2D eigenvalue weighted by Gasteiger charge is 2.25. The Balaban J connectivity index is 1.67. The average molecular weight is 399 g/mol. The SMILES string of the molecule is CN(C)C1CCC(Oc2ncnc3sc4cccc(CCC(N)=O)c4c23)CC1. The van der Waals surface area contributed by atoms with Crippen molar-refractivity contribution in [3.63, 3.8) is 0 Å². The maximum absolute atomic E-state index is 11.3. The first-order chi connectivity index (χ1) is 13.5. The number of rotatable bonds is 6. The summed E-state index contributed by atoms with van der Waals surface area (Å²) < 4.78 is 7.53. The molecule has 0 radical (unpaired) electrons. The lowest BCUT2D eigenvalue weighted by Gasteiger charge is -2.32. The van der Waals surface area contributed by atoms with Crippen molar-refractivity contribution in [2.45, 2.75) is 50.7 Å². The van der Waals surface area contributed by atoms with E-state index in [2.05, 4.69) is 41.1 Å². The number of ether oxygens (including phenoxy) is 1. The van der Waals surface area contributed by atoms with Gasteiger partial charge in [0, 0.05) is 22.5 Å². The van der Waals surface area contributed by atoms with Crippen LogP contribution in [-0.2, 0) is 11.2 Å². The predicted octanol–water partition coefficient (Wildman–Crippen LogP) is 3.51. The Morgan fingerprint density at radius 1 is 1.21 bits per heavy atom. The summed E-state index contributed by atoms with van der Waals surface area (Å²) in [5.41, 5.74) is 6.46. The van der Waals surface area contributed by atoms with Gasteiger partial charge in [-0.05, 0) is 57.8 Å². The fraction of sp³-hybridized carbons (Fsp3) is 0.476. The van der Waals surface area contributed by atoms with E-state index < -0.39 is 0 Å². The average Bonchev–Trinajstić information content (AvgIpc) is 3.07. The summed E-state index contributed by atoms with van der Waals surface area (Å²) in [5, 5.41) is 2.07. The quantitative estimate of drug-likeness (QED) is 0.687. The van der Waals surface area contributed by atoms with Crippen molar-refractivity contribution >= 4 is 37.5 Å². The molecule has 0 bridgehead atoms. The Hall–Kier alpha value is -2.25. The predicted molar refractivity (Wildman–Crippen MR) is 113 cm³/mol. The number of thiophene rings is 1. The molecule has 1 saturated carbocycles. The molecule has 148 valence electrons. The van der Waals surface area contributed by atoms with Crippen molar-refractivity contribution in [2.75, 3.05) is 14.1 Å². The summed E-state index contributed by atoms with van der Waals surface area (Å²) in [7, 11) is 4.29. The van der Waals surface area contributed by atoms with Crippen LogP contribution in [0.2, 0.25) is 0 Å². The summed E-state index contributed by atoms with van der Waals surface area (Å²) in [5.74, 6) is 0.373. The first-order valence-electron chi connectivity index (χ1n) is 9.79. The van der Waals surface area contributed by atoms with Crippen LogP contribution in [-0.4, -0.2) is 47.0 Å². The van der Waals surface area contributed by atoms with Gasteiger partial charge in [0.05, 0.1) is 5.39 Å². The minimum Gasteiger partial charge on any atom is -0.474 e. The number of amides is 1. The summed E-state index contributed by atoms with van der Waals surface area (Å²) >= 11 is 1.64. The monoisotopic (exact) mass is 398 g/mol. The van der Waals surface area contributed by atoms with E-state index in [1.54, 1.807) is 17.7 Å². The van der Waals surface area contributed by atoms with Crippen molar-refractivity contribution in [1.29, 1.82) is 0 Å². The molecule has 2 N–H and O–H groups in total. The number of nitrogens with zero attached hydrogens (tertiary/aromatic N) is 3. The molecule has 6 nitrogen and oxygen atoms in total. The van der Waals surface area contributed by atoms with Crippen LogP contribution in [0, 0.1) is 0 Å². The number of carbonyl (C=O) groups excluding carboxylic acids is 1. The minimum atomic E-state index is -0.290. The zero-order valence-corrected chi connectivity index (χ0v) is 17.2. The van der Waals surface area contributed by atoms with Gasteiger partial charge < -0.3 is 15.4 Å². The van der Waals surface area contributed by atoms with Gasteiger partial charge in [0.2, 0.25) is 11.8 Å². The number of aromatic nitrogens is 2. The van der Waals surface area contributed by atoms with E-state index in [9.17, 15) is 4.79 Å². The zero-order chi connectivity index (χ0) is 19.7. The molecule has 4 rings (SSSR count). The van der Waals surface area contributed by atoms with Gasteiger partial charge in [-0.2, -0.15) is 0 Å². The minimum absolute atomic E-state index is 0.182. The van der Waals surface area contributed by atoms with Crippen LogP contribution in [0.25, 0.3) is 20.3 Å². The van der Waals surface area contributed by atoms with E-state index in [0.29, 0.717) is 24.8 Å². The number of hydrogen-bond acceptors (Lipinski definition) is 6. The summed E-state index contributed by atoms with van der Waals surface area (Å²) in [6.07, 6.45) is 7.05. The highest BCUT2D eigenvalue weighted by Crippen LogP contribution is 2.40. The molecule has 0 unspecified atom stereocenters. The maximum atomic E-state index is 11.3. The second-order valence-electron chi connectivity index (χ2n) is 7.73. The van der Waals surface area contributed by atoms with E-state index in [4.69, 9.17) is 10.5 Å². The smallest absolute Gasteiger partial charge is 0.226 e. The lowest BCUT2D eigenvalue weighted by molar-refractivity contribution is -0.117. The van der Waals surface area contributed by atoms with Crippen LogP contribution < -0.4 is 10.5 Å². The van der Waals surface area contributed by atoms with Gasteiger partial charge in [-0.3, -0.25) is 4.79 Å². The van der Waals surface area contributed by atoms with E-state index in [1.807, 2.05) is 6.07 Å². The lowest BCUT2D eigenvalue weighted by atomic mass is 9.92. The number of carbonyl (C=O) groups is 1. The summed E-state index contributed by atoms with van der Waals surface area (Å²) in [6.45, 7) is 0. The number of aryl methyl sites for hydroxylation is 1. The Morgan fingerprint density at radius 2 is 2.00 bits per heavy atom. The fourth-order valence-electron chi connectivity index (χ4n) is 4.09. The third-order valence-electron chi connectivity index (χ3n) is 5.64. The second kappa shape index (κ2) is 8.01. The van der Waals surface area contributed by atoms with Crippen LogP contribution in [0.5, 0.6) is 5.88 Å². The molecule has 2 aromatic heterocycles. The molecule has 0 saturated heterocycles. The summed E-state index contributed by atoms with van der Waals surface area (Å²) in [6, 6.07) is 6.79. The van der Waals surface area contributed by atoms with Gasteiger partial charge >= 0.3 is 0 Å². The number of benzene rings is 1.